The molecule has 8 heteroatoms. The number of morpholine rings is 1. The molecule has 2 saturated heterocycles. The Morgan fingerprint density at radius 2 is 1.72 bits per heavy atom. The molecule has 1 aromatic carbocycles. The molecule has 154 valence electrons. The first-order valence-corrected chi connectivity index (χ1v) is 10.1. The lowest BCUT2D eigenvalue weighted by molar-refractivity contribution is -0.129. The van der Waals surface area contributed by atoms with Crippen LogP contribution in [0.1, 0.15) is 12.6 Å². The molecule has 29 heavy (non-hydrogen) atoms. The van der Waals surface area contributed by atoms with Crippen LogP contribution in [0.15, 0.2) is 30.3 Å². The summed E-state index contributed by atoms with van der Waals surface area (Å²) in [6, 6.07) is 10.2. The summed E-state index contributed by atoms with van der Waals surface area (Å²) in [5, 5.41) is 3.42. The van der Waals surface area contributed by atoms with Gasteiger partial charge in [0.05, 0.1) is 24.6 Å². The van der Waals surface area contributed by atoms with E-state index in [1.165, 1.54) is 0 Å². The SMILES string of the molecule is CC(=O)N1CCN(c2cc(C)nc(Nc3ccccc3N3CCOCC3)n2)CC1. The van der Waals surface area contributed by atoms with Crippen LogP contribution in [0.4, 0.5) is 23.1 Å². The Kier molecular flexibility index (Phi) is 5.80. The van der Waals surface area contributed by atoms with Crippen molar-refractivity contribution >= 4 is 29.0 Å². The Hall–Kier alpha value is -2.87. The van der Waals surface area contributed by atoms with Gasteiger partial charge in [-0.15, -0.1) is 0 Å². The van der Waals surface area contributed by atoms with Crippen LogP contribution >= 0.6 is 0 Å². The number of carbonyl (C=O) groups excluding carboxylic acids is 1. The maximum atomic E-state index is 11.6. The summed E-state index contributed by atoms with van der Waals surface area (Å²) in [7, 11) is 0. The maximum Gasteiger partial charge on any atom is 0.229 e. The van der Waals surface area contributed by atoms with Gasteiger partial charge in [-0.3, -0.25) is 4.79 Å². The summed E-state index contributed by atoms with van der Waals surface area (Å²) >= 11 is 0. The monoisotopic (exact) mass is 396 g/mol. The molecular formula is C21H28N6O2. The van der Waals surface area contributed by atoms with Crippen molar-refractivity contribution in [1.82, 2.24) is 14.9 Å². The first kappa shape index (κ1) is 19.4. The lowest BCUT2D eigenvalue weighted by Gasteiger charge is -2.35. The summed E-state index contributed by atoms with van der Waals surface area (Å²) in [5.74, 6) is 1.62. The number of rotatable bonds is 4. The minimum Gasteiger partial charge on any atom is -0.378 e. The van der Waals surface area contributed by atoms with Crippen molar-refractivity contribution in [2.24, 2.45) is 0 Å². The van der Waals surface area contributed by atoms with Gasteiger partial charge >= 0.3 is 0 Å². The second-order valence-electron chi connectivity index (χ2n) is 7.43. The molecule has 0 aliphatic carbocycles. The van der Waals surface area contributed by atoms with Gasteiger partial charge in [0.25, 0.3) is 0 Å². The van der Waals surface area contributed by atoms with Gasteiger partial charge < -0.3 is 24.8 Å². The van der Waals surface area contributed by atoms with Gasteiger partial charge in [0.15, 0.2) is 0 Å². The molecule has 8 nitrogen and oxygen atoms in total. The third-order valence-corrected chi connectivity index (χ3v) is 5.39. The average molecular weight is 396 g/mol. The first-order valence-electron chi connectivity index (χ1n) is 10.1. The molecule has 1 amide bonds. The molecule has 0 saturated carbocycles. The van der Waals surface area contributed by atoms with Crippen LogP contribution in [0.3, 0.4) is 0 Å². The van der Waals surface area contributed by atoms with E-state index in [9.17, 15) is 4.79 Å². The number of nitrogens with zero attached hydrogens (tertiary/aromatic N) is 5. The van der Waals surface area contributed by atoms with Crippen LogP contribution in [0.5, 0.6) is 0 Å². The van der Waals surface area contributed by atoms with Crippen molar-refractivity contribution < 1.29 is 9.53 Å². The van der Waals surface area contributed by atoms with Gasteiger partial charge in [0.2, 0.25) is 11.9 Å². The molecule has 0 atom stereocenters. The molecule has 2 aliphatic rings. The highest BCUT2D eigenvalue weighted by Crippen LogP contribution is 2.29. The molecule has 0 bridgehead atoms. The zero-order chi connectivity index (χ0) is 20.2. The van der Waals surface area contributed by atoms with E-state index in [2.05, 4.69) is 32.2 Å². The number of piperazine rings is 1. The van der Waals surface area contributed by atoms with Crippen LogP contribution < -0.4 is 15.1 Å². The number of aromatic nitrogens is 2. The van der Waals surface area contributed by atoms with Crippen molar-refractivity contribution in [2.75, 3.05) is 67.6 Å². The summed E-state index contributed by atoms with van der Waals surface area (Å²) in [6.45, 7) is 9.84. The van der Waals surface area contributed by atoms with Crippen molar-refractivity contribution in [3.8, 4) is 0 Å². The van der Waals surface area contributed by atoms with Crippen LogP contribution in [-0.4, -0.2) is 73.3 Å². The van der Waals surface area contributed by atoms with Crippen molar-refractivity contribution in [2.45, 2.75) is 13.8 Å². The third kappa shape index (κ3) is 4.59. The fourth-order valence-corrected chi connectivity index (χ4v) is 3.80. The van der Waals surface area contributed by atoms with Crippen molar-refractivity contribution in [3.63, 3.8) is 0 Å². The summed E-state index contributed by atoms with van der Waals surface area (Å²) in [5.41, 5.74) is 3.04. The summed E-state index contributed by atoms with van der Waals surface area (Å²) in [4.78, 5) is 27.4. The highest BCUT2D eigenvalue weighted by Gasteiger charge is 2.21. The zero-order valence-electron chi connectivity index (χ0n) is 17.1. The molecule has 4 rings (SSSR count). The van der Waals surface area contributed by atoms with E-state index in [0.717, 1.165) is 75.4 Å². The molecule has 1 aromatic heterocycles. The number of nitrogens with one attached hydrogen (secondary N) is 1. The number of para-hydroxylation sites is 2. The zero-order valence-corrected chi connectivity index (χ0v) is 17.1. The number of anilines is 4. The van der Waals surface area contributed by atoms with Crippen LogP contribution in [-0.2, 0) is 9.53 Å². The Morgan fingerprint density at radius 3 is 2.45 bits per heavy atom. The minimum atomic E-state index is 0.130. The Balaban J connectivity index is 1.53. The molecule has 1 N–H and O–H groups in total. The predicted octanol–water partition coefficient (Wildman–Crippen LogP) is 2.03. The van der Waals surface area contributed by atoms with E-state index in [1.54, 1.807) is 6.92 Å². The van der Waals surface area contributed by atoms with E-state index in [4.69, 9.17) is 9.72 Å². The number of ether oxygens (including phenoxy) is 1. The number of hydrogen-bond donors (Lipinski definition) is 1. The largest absolute Gasteiger partial charge is 0.378 e. The molecule has 0 spiro atoms. The summed E-state index contributed by atoms with van der Waals surface area (Å²) < 4.78 is 5.48. The first-order chi connectivity index (χ1) is 14.1. The lowest BCUT2D eigenvalue weighted by Crippen LogP contribution is -2.48. The topological polar surface area (TPSA) is 73.8 Å². The predicted molar refractivity (Wildman–Crippen MR) is 114 cm³/mol. The smallest absolute Gasteiger partial charge is 0.229 e. The number of amides is 1. The Bertz CT molecular complexity index is 860. The number of carbonyl (C=O) groups is 1. The quantitative estimate of drug-likeness (QED) is 0.848. The molecule has 0 radical (unpaired) electrons. The molecule has 2 aliphatic heterocycles. The van der Waals surface area contributed by atoms with Gasteiger partial charge in [0, 0.05) is 58.0 Å². The van der Waals surface area contributed by atoms with Crippen molar-refractivity contribution in [3.05, 3.63) is 36.0 Å². The van der Waals surface area contributed by atoms with E-state index in [-0.39, 0.29) is 5.91 Å². The second kappa shape index (κ2) is 8.65. The van der Waals surface area contributed by atoms with E-state index in [1.807, 2.05) is 30.0 Å². The van der Waals surface area contributed by atoms with Gasteiger partial charge in [-0.25, -0.2) is 4.98 Å². The van der Waals surface area contributed by atoms with Crippen LogP contribution in [0.2, 0.25) is 0 Å². The second-order valence-corrected chi connectivity index (χ2v) is 7.43. The maximum absolute atomic E-state index is 11.6. The van der Waals surface area contributed by atoms with Crippen LogP contribution in [0.25, 0.3) is 0 Å². The molecule has 2 fully saturated rings. The number of aryl methyl sites for hydroxylation is 1. The highest BCUT2D eigenvalue weighted by molar-refractivity contribution is 5.74. The average Bonchev–Trinajstić information content (AvgIpc) is 2.74. The van der Waals surface area contributed by atoms with Gasteiger partial charge in [0.1, 0.15) is 5.82 Å². The molecule has 2 aromatic rings. The molecule has 0 unspecified atom stereocenters. The number of benzene rings is 1. The minimum absolute atomic E-state index is 0.130. The van der Waals surface area contributed by atoms with Gasteiger partial charge in [-0.05, 0) is 19.1 Å². The normalized spacial score (nSPS) is 17.4. The number of hydrogen-bond acceptors (Lipinski definition) is 7. The van der Waals surface area contributed by atoms with E-state index in [0.29, 0.717) is 5.95 Å². The molecular weight excluding hydrogens is 368 g/mol. The van der Waals surface area contributed by atoms with Gasteiger partial charge in [-0.2, -0.15) is 4.98 Å². The fourth-order valence-electron chi connectivity index (χ4n) is 3.80. The lowest BCUT2D eigenvalue weighted by atomic mass is 10.2. The fraction of sp³-hybridized carbons (Fsp3) is 0.476. The Labute approximate surface area is 171 Å². The van der Waals surface area contributed by atoms with Gasteiger partial charge in [-0.1, -0.05) is 12.1 Å². The Morgan fingerprint density at radius 1 is 1.00 bits per heavy atom. The third-order valence-electron chi connectivity index (χ3n) is 5.39. The van der Waals surface area contributed by atoms with E-state index < -0.39 is 0 Å². The molecule has 3 heterocycles. The highest BCUT2D eigenvalue weighted by atomic mass is 16.5. The summed E-state index contributed by atoms with van der Waals surface area (Å²) in [6.07, 6.45) is 0. The van der Waals surface area contributed by atoms with Crippen molar-refractivity contribution in [1.29, 1.82) is 0 Å². The van der Waals surface area contributed by atoms with Crippen LogP contribution in [0, 0.1) is 6.92 Å². The standard InChI is InChI=1S/C21H28N6O2/c1-16-15-20(27-9-7-25(8-10-27)17(2)28)24-21(22-16)23-18-5-3-4-6-19(18)26-11-13-29-14-12-26/h3-6,15H,7-14H2,1-2H3,(H,22,23,24). The van der Waals surface area contributed by atoms with E-state index >= 15 is 0 Å².